The molecule has 1 aromatic carbocycles. The molecular formula is C19H28ClNO4. The number of rotatable bonds is 8. The Balaban J connectivity index is 3.08. The van der Waals surface area contributed by atoms with E-state index in [1.54, 1.807) is 27.7 Å². The van der Waals surface area contributed by atoms with E-state index < -0.39 is 23.7 Å². The number of hydrogen-bond acceptors (Lipinski definition) is 4. The molecule has 0 aliphatic rings. The normalized spacial score (nSPS) is 12.4. The number of halogens is 1. The Bertz CT molecular complexity index is 542. The predicted molar refractivity (Wildman–Crippen MR) is 98.8 cm³/mol. The van der Waals surface area contributed by atoms with E-state index in [2.05, 4.69) is 0 Å². The topological polar surface area (TPSA) is 55.8 Å². The summed E-state index contributed by atoms with van der Waals surface area (Å²) in [6.07, 6.45) is 0.388. The smallest absolute Gasteiger partial charge is 0.411 e. The summed E-state index contributed by atoms with van der Waals surface area (Å²) >= 11 is 5.79. The van der Waals surface area contributed by atoms with Crippen molar-refractivity contribution >= 4 is 23.7 Å². The summed E-state index contributed by atoms with van der Waals surface area (Å²) in [5.41, 5.74) is 0.294. The highest BCUT2D eigenvalue weighted by Crippen LogP contribution is 2.17. The van der Waals surface area contributed by atoms with Gasteiger partial charge in [-0.1, -0.05) is 30.3 Å². The zero-order chi connectivity index (χ0) is 18.9. The lowest BCUT2D eigenvalue weighted by atomic mass is 10.0. The standard InChI is InChI=1S/C19H28ClNO4/c1-5-24-17(22)16(14-15-10-7-6-8-11-15)21(13-9-12-20)18(23)25-19(2,3)4/h6-8,10-11,16H,5,9,12-14H2,1-4H3/t16-/m0/s1. The van der Waals surface area contributed by atoms with Crippen LogP contribution < -0.4 is 0 Å². The maximum atomic E-state index is 12.7. The quantitative estimate of drug-likeness (QED) is 0.513. The first-order valence-electron chi connectivity index (χ1n) is 8.54. The van der Waals surface area contributed by atoms with Crippen LogP contribution in [0.3, 0.4) is 0 Å². The van der Waals surface area contributed by atoms with Crippen LogP contribution in [0.25, 0.3) is 0 Å². The summed E-state index contributed by atoms with van der Waals surface area (Å²) in [7, 11) is 0. The van der Waals surface area contributed by atoms with Crippen molar-refractivity contribution in [1.82, 2.24) is 4.90 Å². The summed E-state index contributed by atoms with van der Waals surface area (Å²) in [4.78, 5) is 26.6. The van der Waals surface area contributed by atoms with Gasteiger partial charge in [0.25, 0.3) is 0 Å². The van der Waals surface area contributed by atoms with E-state index in [-0.39, 0.29) is 6.61 Å². The molecule has 6 heteroatoms. The van der Waals surface area contributed by atoms with Crippen molar-refractivity contribution in [3.05, 3.63) is 35.9 Å². The lowest BCUT2D eigenvalue weighted by Gasteiger charge is -2.32. The Morgan fingerprint density at radius 3 is 2.36 bits per heavy atom. The molecule has 0 fully saturated rings. The van der Waals surface area contributed by atoms with Crippen molar-refractivity contribution in [2.45, 2.75) is 52.2 Å². The number of alkyl halides is 1. The molecule has 0 unspecified atom stereocenters. The number of amides is 1. The van der Waals surface area contributed by atoms with Crippen LogP contribution in [-0.4, -0.2) is 47.6 Å². The average Bonchev–Trinajstić information content (AvgIpc) is 2.53. The Hall–Kier alpha value is -1.75. The Morgan fingerprint density at radius 2 is 1.84 bits per heavy atom. The molecule has 0 radical (unpaired) electrons. The van der Waals surface area contributed by atoms with Gasteiger partial charge in [0.1, 0.15) is 11.6 Å². The van der Waals surface area contributed by atoms with Gasteiger partial charge in [-0.3, -0.25) is 4.90 Å². The SMILES string of the molecule is CCOC(=O)[C@H](Cc1ccccc1)N(CCCCl)C(=O)OC(C)(C)C. The van der Waals surface area contributed by atoms with Gasteiger partial charge < -0.3 is 9.47 Å². The van der Waals surface area contributed by atoms with Gasteiger partial charge >= 0.3 is 12.1 Å². The summed E-state index contributed by atoms with van der Waals surface area (Å²) < 4.78 is 10.7. The van der Waals surface area contributed by atoms with Crippen LogP contribution in [0, 0.1) is 0 Å². The molecule has 140 valence electrons. The largest absolute Gasteiger partial charge is 0.464 e. The number of hydrogen-bond donors (Lipinski definition) is 0. The van der Waals surface area contributed by atoms with E-state index in [4.69, 9.17) is 21.1 Å². The molecule has 1 rings (SSSR count). The second-order valence-corrected chi connectivity index (χ2v) is 7.05. The Morgan fingerprint density at radius 1 is 1.20 bits per heavy atom. The van der Waals surface area contributed by atoms with Crippen molar-refractivity contribution in [3.8, 4) is 0 Å². The fraction of sp³-hybridized carbons (Fsp3) is 0.579. The number of esters is 1. The monoisotopic (exact) mass is 369 g/mol. The minimum absolute atomic E-state index is 0.252. The van der Waals surface area contributed by atoms with Crippen LogP contribution in [0.5, 0.6) is 0 Å². The third kappa shape index (κ3) is 7.78. The number of ether oxygens (including phenoxy) is 2. The van der Waals surface area contributed by atoms with Crippen LogP contribution >= 0.6 is 11.6 Å². The zero-order valence-corrected chi connectivity index (χ0v) is 16.2. The molecule has 0 N–H and O–H groups in total. The number of nitrogens with zero attached hydrogens (tertiary/aromatic N) is 1. The van der Waals surface area contributed by atoms with E-state index in [1.807, 2.05) is 30.3 Å². The molecule has 0 aliphatic carbocycles. The summed E-state index contributed by atoms with van der Waals surface area (Å²) in [6.45, 7) is 7.70. The fourth-order valence-electron chi connectivity index (χ4n) is 2.32. The lowest BCUT2D eigenvalue weighted by Crippen LogP contribution is -2.49. The van der Waals surface area contributed by atoms with Crippen LogP contribution in [0.4, 0.5) is 4.79 Å². The molecule has 0 aromatic heterocycles. The van der Waals surface area contributed by atoms with Crippen molar-refractivity contribution < 1.29 is 19.1 Å². The molecule has 0 spiro atoms. The minimum Gasteiger partial charge on any atom is -0.464 e. The minimum atomic E-state index is -0.750. The molecule has 0 saturated carbocycles. The lowest BCUT2D eigenvalue weighted by molar-refractivity contribution is -0.149. The first-order chi connectivity index (χ1) is 11.8. The Labute approximate surface area is 155 Å². The molecular weight excluding hydrogens is 342 g/mol. The fourth-order valence-corrected chi connectivity index (χ4v) is 2.44. The summed E-state index contributed by atoms with van der Waals surface area (Å²) in [5, 5.41) is 0. The first-order valence-corrected chi connectivity index (χ1v) is 9.08. The predicted octanol–water partition coefficient (Wildman–Crippen LogP) is 4.03. The van der Waals surface area contributed by atoms with Gasteiger partial charge in [-0.15, -0.1) is 11.6 Å². The molecule has 0 heterocycles. The molecule has 1 atom stereocenters. The number of carbonyl (C=O) groups is 2. The van der Waals surface area contributed by atoms with Crippen LogP contribution in [0.1, 0.15) is 39.7 Å². The van der Waals surface area contributed by atoms with Crippen molar-refractivity contribution in [3.63, 3.8) is 0 Å². The second kappa shape index (κ2) is 10.3. The maximum absolute atomic E-state index is 12.7. The van der Waals surface area contributed by atoms with E-state index in [0.29, 0.717) is 25.3 Å². The maximum Gasteiger partial charge on any atom is 0.411 e. The van der Waals surface area contributed by atoms with E-state index in [0.717, 1.165) is 5.56 Å². The van der Waals surface area contributed by atoms with Gasteiger partial charge in [-0.05, 0) is 39.7 Å². The van der Waals surface area contributed by atoms with E-state index in [9.17, 15) is 9.59 Å². The van der Waals surface area contributed by atoms with Crippen molar-refractivity contribution in [1.29, 1.82) is 0 Å². The summed E-state index contributed by atoms with van der Waals surface area (Å²) in [5.74, 6) is -0.0491. The third-order valence-corrected chi connectivity index (χ3v) is 3.63. The van der Waals surface area contributed by atoms with E-state index in [1.165, 1.54) is 4.90 Å². The van der Waals surface area contributed by atoms with Gasteiger partial charge in [-0.25, -0.2) is 9.59 Å². The average molecular weight is 370 g/mol. The zero-order valence-electron chi connectivity index (χ0n) is 15.5. The van der Waals surface area contributed by atoms with Gasteiger partial charge in [-0.2, -0.15) is 0 Å². The summed E-state index contributed by atoms with van der Waals surface area (Å²) in [6, 6.07) is 8.78. The molecule has 1 amide bonds. The first kappa shape index (κ1) is 21.3. The van der Waals surface area contributed by atoms with Gasteiger partial charge in [0.05, 0.1) is 6.61 Å². The highest BCUT2D eigenvalue weighted by atomic mass is 35.5. The molecule has 25 heavy (non-hydrogen) atoms. The Kier molecular flexibility index (Phi) is 8.76. The molecule has 0 aliphatic heterocycles. The number of carbonyl (C=O) groups excluding carboxylic acids is 2. The molecule has 0 bridgehead atoms. The van der Waals surface area contributed by atoms with Crippen LogP contribution in [0.15, 0.2) is 30.3 Å². The molecule has 1 aromatic rings. The highest BCUT2D eigenvalue weighted by Gasteiger charge is 2.33. The van der Waals surface area contributed by atoms with Crippen LogP contribution in [-0.2, 0) is 20.7 Å². The third-order valence-electron chi connectivity index (χ3n) is 3.37. The highest BCUT2D eigenvalue weighted by molar-refractivity contribution is 6.17. The van der Waals surface area contributed by atoms with Crippen molar-refractivity contribution in [2.24, 2.45) is 0 Å². The molecule has 0 saturated heterocycles. The van der Waals surface area contributed by atoms with Gasteiger partial charge in [0.15, 0.2) is 0 Å². The van der Waals surface area contributed by atoms with Crippen molar-refractivity contribution in [2.75, 3.05) is 19.0 Å². The number of benzene rings is 1. The molecule has 5 nitrogen and oxygen atoms in total. The van der Waals surface area contributed by atoms with Crippen LogP contribution in [0.2, 0.25) is 0 Å². The van der Waals surface area contributed by atoms with Gasteiger partial charge in [0, 0.05) is 18.8 Å². The second-order valence-electron chi connectivity index (χ2n) is 6.67. The van der Waals surface area contributed by atoms with E-state index >= 15 is 0 Å². The van der Waals surface area contributed by atoms with Gasteiger partial charge in [0.2, 0.25) is 0 Å².